The zero-order chi connectivity index (χ0) is 13.3. The van der Waals surface area contributed by atoms with Crippen LogP contribution in [0.2, 0.25) is 20.1 Å². The van der Waals surface area contributed by atoms with E-state index >= 15 is 0 Å². The highest BCUT2D eigenvalue weighted by Crippen LogP contribution is 2.38. The second kappa shape index (κ2) is 5.45. The molecule has 2 aromatic rings. The van der Waals surface area contributed by atoms with Crippen molar-refractivity contribution in [1.29, 1.82) is 0 Å². The van der Waals surface area contributed by atoms with Gasteiger partial charge in [-0.3, -0.25) is 0 Å². The second-order valence-corrected chi connectivity index (χ2v) is 5.14. The molecule has 0 aromatic heterocycles. The summed E-state index contributed by atoms with van der Waals surface area (Å²) < 4.78 is 5.57. The molecule has 2 N–H and O–H groups in total. The lowest BCUT2D eigenvalue weighted by Crippen LogP contribution is -1.92. The van der Waals surface area contributed by atoms with E-state index in [9.17, 15) is 0 Å². The Morgan fingerprint density at radius 1 is 0.778 bits per heavy atom. The zero-order valence-electron chi connectivity index (χ0n) is 8.88. The topological polar surface area (TPSA) is 35.2 Å². The van der Waals surface area contributed by atoms with Gasteiger partial charge in [-0.15, -0.1) is 0 Å². The Labute approximate surface area is 124 Å². The minimum absolute atomic E-state index is 0.346. The highest BCUT2D eigenvalue weighted by molar-refractivity contribution is 6.43. The Bertz CT molecular complexity index is 601. The highest BCUT2D eigenvalue weighted by Gasteiger charge is 2.10. The van der Waals surface area contributed by atoms with E-state index in [0.29, 0.717) is 37.3 Å². The Morgan fingerprint density at radius 3 is 2.11 bits per heavy atom. The lowest BCUT2D eigenvalue weighted by molar-refractivity contribution is 0.485. The molecular formula is C12H7Cl4NO. The van der Waals surface area contributed by atoms with E-state index in [-0.39, 0.29) is 0 Å². The van der Waals surface area contributed by atoms with Crippen molar-refractivity contribution in [2.24, 2.45) is 0 Å². The van der Waals surface area contributed by atoms with Crippen LogP contribution in [0.15, 0.2) is 30.3 Å². The highest BCUT2D eigenvalue weighted by atomic mass is 35.5. The van der Waals surface area contributed by atoms with Crippen LogP contribution in [0.1, 0.15) is 0 Å². The van der Waals surface area contributed by atoms with Crippen LogP contribution in [0.3, 0.4) is 0 Å². The van der Waals surface area contributed by atoms with E-state index in [1.807, 2.05) is 0 Å². The number of rotatable bonds is 2. The van der Waals surface area contributed by atoms with E-state index in [0.717, 1.165) is 0 Å². The second-order valence-electron chi connectivity index (χ2n) is 3.48. The van der Waals surface area contributed by atoms with E-state index in [1.54, 1.807) is 18.2 Å². The Balaban J connectivity index is 2.37. The molecule has 2 rings (SSSR count). The molecule has 0 aliphatic heterocycles. The first-order chi connectivity index (χ1) is 8.47. The summed E-state index contributed by atoms with van der Waals surface area (Å²) in [5.74, 6) is 0.819. The van der Waals surface area contributed by atoms with Crippen LogP contribution in [-0.4, -0.2) is 0 Å². The molecule has 0 spiro atoms. The Kier molecular flexibility index (Phi) is 4.13. The molecule has 0 aliphatic carbocycles. The number of nitrogens with two attached hydrogens (primary N) is 1. The van der Waals surface area contributed by atoms with Crippen LogP contribution in [0.4, 0.5) is 5.69 Å². The maximum absolute atomic E-state index is 6.00. The van der Waals surface area contributed by atoms with E-state index < -0.39 is 0 Å². The van der Waals surface area contributed by atoms with Gasteiger partial charge in [-0.2, -0.15) is 0 Å². The molecule has 2 nitrogen and oxygen atoms in total. The van der Waals surface area contributed by atoms with Crippen molar-refractivity contribution in [2.75, 3.05) is 5.73 Å². The number of nitrogen functional groups attached to an aromatic ring is 1. The molecule has 2 aromatic carbocycles. The van der Waals surface area contributed by atoms with Gasteiger partial charge in [0.15, 0.2) is 0 Å². The van der Waals surface area contributed by atoms with Crippen molar-refractivity contribution in [3.05, 3.63) is 50.4 Å². The average molecular weight is 323 g/mol. The molecule has 0 unspecified atom stereocenters. The summed E-state index contributed by atoms with van der Waals surface area (Å²) in [6.45, 7) is 0. The lowest BCUT2D eigenvalue weighted by Gasteiger charge is -2.11. The zero-order valence-corrected chi connectivity index (χ0v) is 11.9. The van der Waals surface area contributed by atoms with Gasteiger partial charge in [-0.1, -0.05) is 46.4 Å². The molecule has 0 aliphatic rings. The van der Waals surface area contributed by atoms with Gasteiger partial charge in [-0.25, -0.2) is 0 Å². The molecule has 0 saturated heterocycles. The summed E-state index contributed by atoms with van der Waals surface area (Å²) in [6, 6.07) is 7.94. The van der Waals surface area contributed by atoms with Gasteiger partial charge in [-0.05, 0) is 24.3 Å². The maximum atomic E-state index is 6.00. The fourth-order valence-corrected chi connectivity index (χ4v) is 2.07. The van der Waals surface area contributed by atoms with Gasteiger partial charge in [0.05, 0.1) is 20.8 Å². The van der Waals surface area contributed by atoms with Gasteiger partial charge >= 0.3 is 0 Å². The fraction of sp³-hybridized carbons (Fsp3) is 0. The average Bonchev–Trinajstić information content (AvgIpc) is 2.29. The number of anilines is 1. The molecule has 94 valence electrons. The summed E-state index contributed by atoms with van der Waals surface area (Å²) >= 11 is 23.5. The van der Waals surface area contributed by atoms with Gasteiger partial charge in [0, 0.05) is 11.1 Å². The van der Waals surface area contributed by atoms with E-state index in [2.05, 4.69) is 0 Å². The number of ether oxygens (including phenoxy) is 1. The van der Waals surface area contributed by atoms with Crippen molar-refractivity contribution in [1.82, 2.24) is 0 Å². The van der Waals surface area contributed by atoms with Crippen LogP contribution in [0.25, 0.3) is 0 Å². The smallest absolute Gasteiger partial charge is 0.150 e. The number of benzene rings is 2. The van der Waals surface area contributed by atoms with Gasteiger partial charge in [0.1, 0.15) is 11.5 Å². The SMILES string of the molecule is Nc1cc(Cl)ccc1Oc1cc(Cl)c(Cl)cc1Cl. The number of hydrogen-bond acceptors (Lipinski definition) is 2. The molecule has 0 bridgehead atoms. The Hall–Kier alpha value is -0.800. The molecule has 18 heavy (non-hydrogen) atoms. The van der Waals surface area contributed by atoms with Crippen molar-refractivity contribution in [2.45, 2.75) is 0 Å². The molecule has 0 atom stereocenters. The van der Waals surface area contributed by atoms with Crippen LogP contribution >= 0.6 is 46.4 Å². The van der Waals surface area contributed by atoms with E-state index in [4.69, 9.17) is 56.9 Å². The Morgan fingerprint density at radius 2 is 1.44 bits per heavy atom. The van der Waals surface area contributed by atoms with Crippen LogP contribution in [-0.2, 0) is 0 Å². The van der Waals surface area contributed by atoms with Crippen LogP contribution in [0.5, 0.6) is 11.5 Å². The molecule has 0 heterocycles. The quantitative estimate of drug-likeness (QED) is 0.570. The summed E-state index contributed by atoms with van der Waals surface area (Å²) in [5, 5.41) is 1.58. The number of halogens is 4. The van der Waals surface area contributed by atoms with Crippen molar-refractivity contribution < 1.29 is 4.74 Å². The lowest BCUT2D eigenvalue weighted by atomic mass is 10.3. The van der Waals surface area contributed by atoms with Crippen LogP contribution < -0.4 is 10.5 Å². The minimum Gasteiger partial charge on any atom is -0.454 e. The van der Waals surface area contributed by atoms with Gasteiger partial charge in [0.25, 0.3) is 0 Å². The first kappa shape index (κ1) is 13.6. The number of hydrogen-bond donors (Lipinski definition) is 1. The third kappa shape index (κ3) is 2.96. The van der Waals surface area contributed by atoms with Crippen molar-refractivity contribution >= 4 is 52.1 Å². The molecule has 0 radical (unpaired) electrons. The van der Waals surface area contributed by atoms with E-state index in [1.165, 1.54) is 12.1 Å². The van der Waals surface area contributed by atoms with Crippen LogP contribution in [0, 0.1) is 0 Å². The molecule has 0 saturated carbocycles. The van der Waals surface area contributed by atoms with Crippen molar-refractivity contribution in [3.8, 4) is 11.5 Å². The summed E-state index contributed by atoms with van der Waals surface area (Å²) in [4.78, 5) is 0. The molecule has 0 amide bonds. The maximum Gasteiger partial charge on any atom is 0.150 e. The molecule has 0 fully saturated rings. The van der Waals surface area contributed by atoms with Gasteiger partial charge < -0.3 is 10.5 Å². The normalized spacial score (nSPS) is 10.4. The summed E-state index contributed by atoms with van der Waals surface area (Å²) in [7, 11) is 0. The first-order valence-corrected chi connectivity index (χ1v) is 6.36. The third-order valence-electron chi connectivity index (χ3n) is 2.17. The monoisotopic (exact) mass is 321 g/mol. The minimum atomic E-state index is 0.346. The summed E-state index contributed by atoms with van der Waals surface area (Å²) in [6.07, 6.45) is 0. The molecular weight excluding hydrogens is 316 g/mol. The summed E-state index contributed by atoms with van der Waals surface area (Å²) in [5.41, 5.74) is 6.18. The van der Waals surface area contributed by atoms with Gasteiger partial charge in [0.2, 0.25) is 0 Å². The predicted molar refractivity (Wildman–Crippen MR) is 77.4 cm³/mol. The largest absolute Gasteiger partial charge is 0.454 e. The fourth-order valence-electron chi connectivity index (χ4n) is 1.31. The molecule has 6 heteroatoms. The predicted octanol–water partition coefficient (Wildman–Crippen LogP) is 5.67. The standard InChI is InChI=1S/C12H7Cl4NO/c13-6-1-2-11(10(17)3-6)18-12-5-8(15)7(14)4-9(12)16/h1-5H,17H2. The van der Waals surface area contributed by atoms with Crippen molar-refractivity contribution in [3.63, 3.8) is 0 Å². The third-order valence-corrected chi connectivity index (χ3v) is 3.42. The first-order valence-electron chi connectivity index (χ1n) is 4.85.